The number of nitrogens with zero attached hydrogens (tertiary/aromatic N) is 7. The van der Waals surface area contributed by atoms with Gasteiger partial charge >= 0.3 is 0 Å². The first kappa shape index (κ1) is 16.2. The highest BCUT2D eigenvalue weighted by atomic mass is 16.5. The molecule has 3 aromatic rings. The van der Waals surface area contributed by atoms with Gasteiger partial charge in [-0.15, -0.1) is 0 Å². The van der Waals surface area contributed by atoms with Crippen LogP contribution in [-0.2, 0) is 20.0 Å². The molecular formula is C18H21N7O2. The molecule has 1 aliphatic carbocycles. The van der Waals surface area contributed by atoms with Crippen LogP contribution >= 0.6 is 0 Å². The Morgan fingerprint density at radius 2 is 2.11 bits per heavy atom. The van der Waals surface area contributed by atoms with Gasteiger partial charge in [0.05, 0.1) is 18.3 Å². The Morgan fingerprint density at radius 1 is 1.26 bits per heavy atom. The Morgan fingerprint density at radius 3 is 2.85 bits per heavy atom. The number of carbonyl (C=O) groups is 1. The number of hydrogen-bond donors (Lipinski definition) is 0. The molecule has 0 bridgehead atoms. The fourth-order valence-corrected chi connectivity index (χ4v) is 3.44. The molecule has 5 rings (SSSR count). The number of fused-ring (bicyclic) bond motifs is 1. The van der Waals surface area contributed by atoms with Gasteiger partial charge < -0.3 is 9.42 Å². The van der Waals surface area contributed by atoms with Crippen molar-refractivity contribution >= 4 is 5.91 Å². The standard InChI is InChI=1S/C18H21N7O2/c1-11-13(10-19-23(11)2)15-9-14(22-27-15)18(26)24-6-5-16-20-17(12-3-4-12)21-25(16)8-7-24/h9-10,12H,3-8H2,1-2H3. The third kappa shape index (κ3) is 2.83. The van der Waals surface area contributed by atoms with Crippen molar-refractivity contribution in [1.29, 1.82) is 0 Å². The van der Waals surface area contributed by atoms with E-state index in [4.69, 9.17) is 4.52 Å². The lowest BCUT2D eigenvalue weighted by atomic mass is 10.2. The quantitative estimate of drug-likeness (QED) is 0.697. The van der Waals surface area contributed by atoms with Crippen molar-refractivity contribution < 1.29 is 9.32 Å². The fraction of sp³-hybridized carbons (Fsp3) is 0.500. The Balaban J connectivity index is 1.31. The van der Waals surface area contributed by atoms with E-state index in [1.807, 2.05) is 18.7 Å². The van der Waals surface area contributed by atoms with Crippen LogP contribution in [-0.4, -0.2) is 53.6 Å². The van der Waals surface area contributed by atoms with Crippen molar-refractivity contribution in [3.05, 3.63) is 35.3 Å². The average molecular weight is 367 g/mol. The van der Waals surface area contributed by atoms with Crippen LogP contribution in [0.2, 0.25) is 0 Å². The van der Waals surface area contributed by atoms with Crippen molar-refractivity contribution in [3.63, 3.8) is 0 Å². The van der Waals surface area contributed by atoms with Gasteiger partial charge in [-0.3, -0.25) is 9.48 Å². The minimum absolute atomic E-state index is 0.125. The lowest BCUT2D eigenvalue weighted by Crippen LogP contribution is -2.34. The molecule has 140 valence electrons. The average Bonchev–Trinajstić information content (AvgIpc) is 3.20. The summed E-state index contributed by atoms with van der Waals surface area (Å²) >= 11 is 0. The molecule has 0 saturated heterocycles. The molecule has 9 heteroatoms. The smallest absolute Gasteiger partial charge is 0.276 e. The predicted molar refractivity (Wildman–Crippen MR) is 95.0 cm³/mol. The molecule has 27 heavy (non-hydrogen) atoms. The van der Waals surface area contributed by atoms with E-state index in [0.717, 1.165) is 22.9 Å². The molecule has 2 aliphatic rings. The lowest BCUT2D eigenvalue weighted by Gasteiger charge is -2.18. The van der Waals surface area contributed by atoms with Gasteiger partial charge in [0.15, 0.2) is 17.3 Å². The first-order valence-corrected chi connectivity index (χ1v) is 9.28. The van der Waals surface area contributed by atoms with Gasteiger partial charge in [0.25, 0.3) is 5.91 Å². The van der Waals surface area contributed by atoms with Crippen molar-refractivity contribution in [2.75, 3.05) is 13.1 Å². The summed E-state index contributed by atoms with van der Waals surface area (Å²) in [4.78, 5) is 19.3. The van der Waals surface area contributed by atoms with Crippen LogP contribution in [0.3, 0.4) is 0 Å². The van der Waals surface area contributed by atoms with Crippen LogP contribution in [0.15, 0.2) is 16.8 Å². The SMILES string of the molecule is Cc1c(-c2cc(C(=O)N3CCc4nc(C5CC5)nn4CC3)no2)cnn1C. The zero-order valence-corrected chi connectivity index (χ0v) is 15.4. The molecule has 1 amide bonds. The van der Waals surface area contributed by atoms with Gasteiger partial charge in [0.1, 0.15) is 5.82 Å². The van der Waals surface area contributed by atoms with Gasteiger partial charge in [0, 0.05) is 44.2 Å². The van der Waals surface area contributed by atoms with Crippen molar-refractivity contribution in [2.45, 2.75) is 38.6 Å². The number of aryl methyl sites for hydroxylation is 1. The van der Waals surface area contributed by atoms with E-state index in [1.54, 1.807) is 21.8 Å². The zero-order valence-electron chi connectivity index (χ0n) is 15.4. The summed E-state index contributed by atoms with van der Waals surface area (Å²) < 4.78 is 9.12. The third-order valence-corrected chi connectivity index (χ3v) is 5.41. The topological polar surface area (TPSA) is 94.9 Å². The van der Waals surface area contributed by atoms with Crippen LogP contribution in [0.5, 0.6) is 0 Å². The Bertz CT molecular complexity index is 986. The minimum atomic E-state index is -0.125. The van der Waals surface area contributed by atoms with Gasteiger partial charge in [-0.1, -0.05) is 5.16 Å². The van der Waals surface area contributed by atoms with E-state index >= 15 is 0 Å². The Kier molecular flexibility index (Phi) is 3.63. The monoisotopic (exact) mass is 367 g/mol. The number of amides is 1. The molecule has 3 aromatic heterocycles. The van der Waals surface area contributed by atoms with Crippen LogP contribution in [0.4, 0.5) is 0 Å². The Labute approximate surface area is 156 Å². The summed E-state index contributed by atoms with van der Waals surface area (Å²) in [5.41, 5.74) is 2.12. The zero-order chi connectivity index (χ0) is 18.5. The molecule has 1 aliphatic heterocycles. The maximum atomic E-state index is 12.9. The number of aromatic nitrogens is 6. The maximum absolute atomic E-state index is 12.9. The molecule has 0 spiro atoms. The molecule has 0 radical (unpaired) electrons. The molecule has 1 saturated carbocycles. The fourth-order valence-electron chi connectivity index (χ4n) is 3.44. The summed E-state index contributed by atoms with van der Waals surface area (Å²) in [7, 11) is 1.87. The van der Waals surface area contributed by atoms with E-state index in [0.29, 0.717) is 43.4 Å². The second kappa shape index (κ2) is 6.04. The normalized spacial score (nSPS) is 17.0. The number of rotatable bonds is 3. The first-order chi connectivity index (χ1) is 13.1. The van der Waals surface area contributed by atoms with Gasteiger partial charge in [-0.05, 0) is 19.8 Å². The van der Waals surface area contributed by atoms with E-state index < -0.39 is 0 Å². The second-order valence-electron chi connectivity index (χ2n) is 7.27. The van der Waals surface area contributed by atoms with Gasteiger partial charge in [0.2, 0.25) is 0 Å². The molecule has 1 fully saturated rings. The summed E-state index contributed by atoms with van der Waals surface area (Å²) in [5, 5.41) is 12.8. The van der Waals surface area contributed by atoms with Crippen molar-refractivity contribution in [1.82, 2.24) is 34.6 Å². The molecule has 0 unspecified atom stereocenters. The largest absolute Gasteiger partial charge is 0.355 e. The van der Waals surface area contributed by atoms with E-state index in [2.05, 4.69) is 20.3 Å². The Hall–Kier alpha value is -2.97. The number of hydrogen-bond acceptors (Lipinski definition) is 6. The predicted octanol–water partition coefficient (Wildman–Crippen LogP) is 1.55. The molecule has 9 nitrogen and oxygen atoms in total. The van der Waals surface area contributed by atoms with Gasteiger partial charge in [-0.25, -0.2) is 9.67 Å². The second-order valence-corrected chi connectivity index (χ2v) is 7.27. The minimum Gasteiger partial charge on any atom is -0.355 e. The molecule has 0 atom stereocenters. The van der Waals surface area contributed by atoms with E-state index in [1.165, 1.54) is 12.8 Å². The van der Waals surface area contributed by atoms with Crippen LogP contribution in [0, 0.1) is 6.92 Å². The maximum Gasteiger partial charge on any atom is 0.276 e. The summed E-state index contributed by atoms with van der Waals surface area (Å²) in [5.74, 6) is 2.92. The van der Waals surface area contributed by atoms with Crippen molar-refractivity contribution in [2.24, 2.45) is 7.05 Å². The van der Waals surface area contributed by atoms with E-state index in [-0.39, 0.29) is 5.91 Å². The summed E-state index contributed by atoms with van der Waals surface area (Å²) in [6.45, 7) is 3.81. The van der Waals surface area contributed by atoms with Gasteiger partial charge in [-0.2, -0.15) is 10.2 Å². The highest BCUT2D eigenvalue weighted by molar-refractivity contribution is 5.93. The molecule has 0 aromatic carbocycles. The number of carbonyl (C=O) groups excluding carboxylic acids is 1. The highest BCUT2D eigenvalue weighted by Crippen LogP contribution is 2.38. The van der Waals surface area contributed by atoms with Crippen LogP contribution in [0.1, 0.15) is 46.6 Å². The van der Waals surface area contributed by atoms with Crippen LogP contribution in [0.25, 0.3) is 11.3 Å². The summed E-state index contributed by atoms with van der Waals surface area (Å²) in [6, 6.07) is 1.69. The molecule has 4 heterocycles. The van der Waals surface area contributed by atoms with Crippen LogP contribution < -0.4 is 0 Å². The highest BCUT2D eigenvalue weighted by Gasteiger charge is 2.30. The third-order valence-electron chi connectivity index (χ3n) is 5.41. The summed E-state index contributed by atoms with van der Waals surface area (Å²) in [6.07, 6.45) is 4.81. The lowest BCUT2D eigenvalue weighted by molar-refractivity contribution is 0.0748. The first-order valence-electron chi connectivity index (χ1n) is 9.28. The molecular weight excluding hydrogens is 346 g/mol. The van der Waals surface area contributed by atoms with E-state index in [9.17, 15) is 4.79 Å². The molecule has 0 N–H and O–H groups in total. The van der Waals surface area contributed by atoms with Crippen molar-refractivity contribution in [3.8, 4) is 11.3 Å².